The van der Waals surface area contributed by atoms with E-state index < -0.39 is 0 Å². The Labute approximate surface area is 735 Å². The first-order chi connectivity index (χ1) is 63.5. The Hall–Kier alpha value is -17.2. The summed E-state index contributed by atoms with van der Waals surface area (Å²) in [7, 11) is 0. The van der Waals surface area contributed by atoms with Gasteiger partial charge in [0.15, 0.2) is 17.5 Å². The van der Waals surface area contributed by atoms with E-state index >= 15 is 0 Å². The highest BCUT2D eigenvalue weighted by Gasteiger charge is 2.23. The van der Waals surface area contributed by atoms with Gasteiger partial charge in [0.05, 0.1) is 49.8 Å². The zero-order valence-corrected chi connectivity index (χ0v) is 69.3. The van der Waals surface area contributed by atoms with E-state index in [2.05, 4.69) is 400 Å². The van der Waals surface area contributed by atoms with E-state index in [1.54, 1.807) is 0 Å². The van der Waals surface area contributed by atoms with Gasteiger partial charge in [0.2, 0.25) is 0 Å². The molecule has 0 bridgehead atoms. The van der Waals surface area contributed by atoms with Gasteiger partial charge in [-0.15, -0.1) is 0 Å². The highest BCUT2D eigenvalue weighted by atomic mass is 15.0. The van der Waals surface area contributed by atoms with Crippen molar-refractivity contribution in [1.29, 1.82) is 0 Å². The molecule has 0 N–H and O–H groups in total. The summed E-state index contributed by atoms with van der Waals surface area (Å²) in [6.45, 7) is 0. The van der Waals surface area contributed by atoms with Crippen LogP contribution in [0.25, 0.3) is 253 Å². The van der Waals surface area contributed by atoms with Gasteiger partial charge in [-0.1, -0.05) is 303 Å². The fraction of sp³-hybridized carbons (Fsp3) is 0. The van der Waals surface area contributed by atoms with Crippen LogP contribution in [0.3, 0.4) is 0 Å². The topological polar surface area (TPSA) is 71.3 Å². The molecule has 0 atom stereocenters. The summed E-state index contributed by atoms with van der Waals surface area (Å²) in [6, 6.07) is 160. The minimum absolute atomic E-state index is 0.635. The Morgan fingerprint density at radius 2 is 0.383 bits per heavy atom. The van der Waals surface area contributed by atoms with Crippen molar-refractivity contribution in [3.63, 3.8) is 0 Å². The van der Waals surface area contributed by atoms with Crippen molar-refractivity contribution in [2.75, 3.05) is 0 Å². The number of fused-ring (bicyclic) bond motifs is 25. The second-order valence-corrected chi connectivity index (χ2v) is 33.5. The zero-order valence-electron chi connectivity index (χ0n) is 69.3. The molecular weight excluding hydrogens is 1550 g/mol. The standard InChI is InChI=1S/C63H39N5.C57H35N3/c1-3-15-40(16-4-1)61-64-62(41-17-5-2-6-18-41)66-63(65-61)42-27-31-45(32-28-42)67-57-25-13-11-23-52(57)55-37-43(29-35-59(55)67)44-30-36-60-56(38-44)53-24-12-14-26-58(53)68(60)46-33-34-51-49-21-8-7-19-47(49)48-20-9-10-22-50(48)54(51)39-46;1-2-12-42-36(11-1)31-32-58-57(42)37-21-25-40(26-22-37)59-53-19-9-7-17-48(53)51-33-38(23-29-55(51)59)39-24-30-56-52(34-39)49-18-8-10-20-54(49)60(56)41-27-28-47-45-15-4-3-13-43(45)44-14-5-6-16-46(44)50(47)35-41/h1-39H;1-35H. The molecule has 21 aromatic carbocycles. The summed E-state index contributed by atoms with van der Waals surface area (Å²) < 4.78 is 9.63. The molecule has 0 aliphatic heterocycles. The Morgan fingerprint density at radius 1 is 0.141 bits per heavy atom. The van der Waals surface area contributed by atoms with Gasteiger partial charge in [0.1, 0.15) is 0 Å². The molecule has 0 unspecified atom stereocenters. The molecule has 0 fully saturated rings. The molecule has 8 heteroatoms. The third kappa shape index (κ3) is 11.6. The normalized spacial score (nSPS) is 11.9. The van der Waals surface area contributed by atoms with Crippen molar-refractivity contribution < 1.29 is 0 Å². The van der Waals surface area contributed by atoms with Crippen molar-refractivity contribution in [2.45, 2.75) is 0 Å². The third-order valence-electron chi connectivity index (χ3n) is 26.5. The van der Waals surface area contributed by atoms with Gasteiger partial charge in [-0.3, -0.25) is 4.98 Å². The van der Waals surface area contributed by atoms with Gasteiger partial charge in [0.25, 0.3) is 0 Å². The molecule has 6 heterocycles. The molecule has 128 heavy (non-hydrogen) atoms. The number of hydrogen-bond acceptors (Lipinski definition) is 4. The van der Waals surface area contributed by atoms with Gasteiger partial charge < -0.3 is 18.3 Å². The molecule has 0 saturated heterocycles. The predicted molar refractivity (Wildman–Crippen MR) is 537 cm³/mol. The molecule has 0 saturated carbocycles. The molecular formula is C120H74N8. The van der Waals surface area contributed by atoms with Gasteiger partial charge >= 0.3 is 0 Å². The molecule has 594 valence electrons. The van der Waals surface area contributed by atoms with Crippen LogP contribution in [0.5, 0.6) is 0 Å². The van der Waals surface area contributed by atoms with Crippen LogP contribution >= 0.6 is 0 Å². The van der Waals surface area contributed by atoms with E-state index in [0.29, 0.717) is 17.5 Å². The molecule has 0 aliphatic carbocycles. The summed E-state index contributed by atoms with van der Waals surface area (Å²) in [4.78, 5) is 19.6. The average molecular weight is 1630 g/mol. The summed E-state index contributed by atoms with van der Waals surface area (Å²) in [5.41, 5.74) is 23.7. The number of nitrogens with zero attached hydrogens (tertiary/aromatic N) is 8. The van der Waals surface area contributed by atoms with Crippen LogP contribution in [-0.4, -0.2) is 38.2 Å². The lowest BCUT2D eigenvalue weighted by Crippen LogP contribution is -2.00. The Balaban J connectivity index is 0.000000136. The van der Waals surface area contributed by atoms with Gasteiger partial charge in [-0.05, 0) is 232 Å². The monoisotopic (exact) mass is 1630 g/mol. The first-order valence-electron chi connectivity index (χ1n) is 43.7. The van der Waals surface area contributed by atoms with Crippen LogP contribution in [0.1, 0.15) is 0 Å². The first-order valence-corrected chi connectivity index (χ1v) is 43.7. The molecule has 6 aromatic heterocycles. The van der Waals surface area contributed by atoms with Crippen LogP contribution in [0.2, 0.25) is 0 Å². The molecule has 8 nitrogen and oxygen atoms in total. The predicted octanol–water partition coefficient (Wildman–Crippen LogP) is 31.4. The maximum Gasteiger partial charge on any atom is 0.164 e. The van der Waals surface area contributed by atoms with Gasteiger partial charge in [0, 0.05) is 99.7 Å². The Morgan fingerprint density at radius 3 is 0.727 bits per heavy atom. The van der Waals surface area contributed by atoms with Crippen molar-refractivity contribution in [3.8, 4) is 90.4 Å². The number of benzene rings is 21. The first kappa shape index (κ1) is 72.4. The minimum atomic E-state index is 0.635. The molecule has 0 radical (unpaired) electrons. The van der Waals surface area contributed by atoms with Crippen LogP contribution in [0, 0.1) is 0 Å². The molecule has 0 spiro atoms. The van der Waals surface area contributed by atoms with E-state index in [0.717, 1.165) is 67.1 Å². The number of rotatable bonds is 10. The number of aromatic nitrogens is 8. The quantitative estimate of drug-likeness (QED) is 0.128. The maximum absolute atomic E-state index is 4.98. The lowest BCUT2D eigenvalue weighted by atomic mass is 9.94. The van der Waals surface area contributed by atoms with Gasteiger partial charge in [-0.2, -0.15) is 0 Å². The Bertz CT molecular complexity index is 9120. The summed E-state index contributed by atoms with van der Waals surface area (Å²) in [5, 5.41) is 27.6. The summed E-state index contributed by atoms with van der Waals surface area (Å²) in [5.74, 6) is 1.93. The van der Waals surface area contributed by atoms with Crippen molar-refractivity contribution in [2.24, 2.45) is 0 Å². The number of para-hydroxylation sites is 4. The summed E-state index contributed by atoms with van der Waals surface area (Å²) >= 11 is 0. The summed E-state index contributed by atoms with van der Waals surface area (Å²) in [6.07, 6.45) is 1.90. The molecule has 0 amide bonds. The van der Waals surface area contributed by atoms with Crippen molar-refractivity contribution in [1.82, 2.24) is 38.2 Å². The average Bonchev–Trinajstić information content (AvgIpc) is 1.57. The molecule has 27 rings (SSSR count). The van der Waals surface area contributed by atoms with Gasteiger partial charge in [-0.25, -0.2) is 15.0 Å². The van der Waals surface area contributed by atoms with Crippen LogP contribution in [-0.2, 0) is 0 Å². The minimum Gasteiger partial charge on any atom is -0.309 e. The second kappa shape index (κ2) is 29.2. The fourth-order valence-electron chi connectivity index (χ4n) is 20.6. The van der Waals surface area contributed by atoms with Crippen molar-refractivity contribution in [3.05, 3.63) is 449 Å². The van der Waals surface area contributed by atoms with E-state index in [1.165, 1.54) is 168 Å². The lowest BCUT2D eigenvalue weighted by Gasteiger charge is -2.14. The highest BCUT2D eigenvalue weighted by Crippen LogP contribution is 2.46. The smallest absolute Gasteiger partial charge is 0.164 e. The largest absolute Gasteiger partial charge is 0.309 e. The SMILES string of the molecule is c1ccc(-c2nc(-c3ccccc3)nc(-c3ccc(-n4c5ccccc5c5cc(-c6ccc7c(c6)c6ccccc6n7-c6ccc7c8ccccc8c8ccccc8c7c6)ccc54)cc3)n2)cc1.c1ccc2c(-c3ccc(-n4c5ccccc5c5cc(-c6ccc7c(c6)c6ccccc6n7-c6ccc7c8ccccc8c8ccccc8c7c6)ccc54)cc3)nccc2c1. The lowest BCUT2D eigenvalue weighted by molar-refractivity contribution is 1.07. The zero-order chi connectivity index (χ0) is 84.0. The van der Waals surface area contributed by atoms with E-state index in [4.69, 9.17) is 19.9 Å². The molecule has 0 aliphatic rings. The number of hydrogen-bond donors (Lipinski definition) is 0. The Kier molecular flexibility index (Phi) is 16.6. The van der Waals surface area contributed by atoms with E-state index in [-0.39, 0.29) is 0 Å². The fourth-order valence-corrected chi connectivity index (χ4v) is 20.6. The van der Waals surface area contributed by atoms with Crippen LogP contribution < -0.4 is 0 Å². The van der Waals surface area contributed by atoms with E-state index in [1.807, 2.05) is 66.9 Å². The van der Waals surface area contributed by atoms with Crippen LogP contribution in [0.15, 0.2) is 449 Å². The highest BCUT2D eigenvalue weighted by molar-refractivity contribution is 6.28. The van der Waals surface area contributed by atoms with Crippen LogP contribution in [0.4, 0.5) is 0 Å². The van der Waals surface area contributed by atoms with E-state index in [9.17, 15) is 0 Å². The van der Waals surface area contributed by atoms with Crippen molar-refractivity contribution >= 4 is 163 Å². The third-order valence-corrected chi connectivity index (χ3v) is 26.5. The number of pyridine rings is 1. The second-order valence-electron chi connectivity index (χ2n) is 33.5. The maximum atomic E-state index is 4.98. The molecule has 27 aromatic rings.